The minimum Gasteiger partial charge on any atom is -0.504 e. The molecule has 0 atom stereocenters. The SMILES string of the molecule is COc1cc(-c2ncc(I)c(Cl)n2)ccc1O. The molecule has 0 saturated heterocycles. The molecule has 4 nitrogen and oxygen atoms in total. The lowest BCUT2D eigenvalue weighted by Crippen LogP contribution is -1.92. The van der Waals surface area contributed by atoms with Crippen LogP contribution in [0.1, 0.15) is 0 Å². The lowest BCUT2D eigenvalue weighted by Gasteiger charge is -2.06. The molecule has 88 valence electrons. The van der Waals surface area contributed by atoms with Crippen molar-refractivity contribution in [2.45, 2.75) is 0 Å². The van der Waals surface area contributed by atoms with Crippen molar-refractivity contribution in [2.24, 2.45) is 0 Å². The number of hydrogen-bond acceptors (Lipinski definition) is 4. The van der Waals surface area contributed by atoms with Gasteiger partial charge in [-0.2, -0.15) is 0 Å². The second kappa shape index (κ2) is 5.05. The van der Waals surface area contributed by atoms with Crippen molar-refractivity contribution >= 4 is 34.2 Å². The van der Waals surface area contributed by atoms with Crippen molar-refractivity contribution in [3.05, 3.63) is 33.1 Å². The van der Waals surface area contributed by atoms with Gasteiger partial charge in [0.05, 0.1) is 10.7 Å². The molecule has 0 spiro atoms. The number of aromatic nitrogens is 2. The normalized spacial score (nSPS) is 10.3. The monoisotopic (exact) mass is 362 g/mol. The predicted octanol–water partition coefficient (Wildman–Crippen LogP) is 3.12. The third-order valence-electron chi connectivity index (χ3n) is 2.14. The number of benzene rings is 1. The van der Waals surface area contributed by atoms with Crippen LogP contribution in [0, 0.1) is 3.57 Å². The van der Waals surface area contributed by atoms with Crippen LogP contribution in [-0.4, -0.2) is 22.2 Å². The molecule has 0 amide bonds. The number of halogens is 2. The van der Waals surface area contributed by atoms with Crippen molar-refractivity contribution in [2.75, 3.05) is 7.11 Å². The van der Waals surface area contributed by atoms with Crippen molar-refractivity contribution in [1.82, 2.24) is 9.97 Å². The van der Waals surface area contributed by atoms with Gasteiger partial charge in [-0.05, 0) is 40.8 Å². The fourth-order valence-corrected chi connectivity index (χ4v) is 1.69. The van der Waals surface area contributed by atoms with E-state index in [4.69, 9.17) is 16.3 Å². The van der Waals surface area contributed by atoms with Gasteiger partial charge in [-0.1, -0.05) is 11.6 Å². The summed E-state index contributed by atoms with van der Waals surface area (Å²) in [5.41, 5.74) is 0.734. The molecule has 1 aromatic heterocycles. The van der Waals surface area contributed by atoms with E-state index in [-0.39, 0.29) is 5.75 Å². The molecule has 0 unspecified atom stereocenters. The average Bonchev–Trinajstić information content (AvgIpc) is 2.33. The summed E-state index contributed by atoms with van der Waals surface area (Å²) in [5.74, 6) is 0.947. The highest BCUT2D eigenvalue weighted by Gasteiger charge is 2.08. The Bertz CT molecular complexity index is 563. The second-order valence-electron chi connectivity index (χ2n) is 3.22. The Morgan fingerprint density at radius 2 is 2.18 bits per heavy atom. The van der Waals surface area contributed by atoms with Crippen molar-refractivity contribution in [3.63, 3.8) is 0 Å². The van der Waals surface area contributed by atoms with E-state index in [0.29, 0.717) is 16.7 Å². The van der Waals surface area contributed by atoms with Crippen molar-refractivity contribution in [1.29, 1.82) is 0 Å². The van der Waals surface area contributed by atoms with E-state index in [1.807, 2.05) is 0 Å². The van der Waals surface area contributed by atoms with Gasteiger partial charge in [0.25, 0.3) is 0 Å². The number of rotatable bonds is 2. The van der Waals surface area contributed by atoms with Crippen LogP contribution >= 0.6 is 34.2 Å². The number of hydrogen-bond donors (Lipinski definition) is 1. The molecule has 0 bridgehead atoms. The fraction of sp³-hybridized carbons (Fsp3) is 0.0909. The third-order valence-corrected chi connectivity index (χ3v) is 3.54. The Morgan fingerprint density at radius 3 is 2.82 bits per heavy atom. The van der Waals surface area contributed by atoms with E-state index in [9.17, 15) is 5.11 Å². The van der Waals surface area contributed by atoms with Crippen LogP contribution in [0.5, 0.6) is 11.5 Å². The van der Waals surface area contributed by atoms with Crippen LogP contribution in [-0.2, 0) is 0 Å². The number of ether oxygens (including phenoxy) is 1. The molecule has 0 radical (unpaired) electrons. The van der Waals surface area contributed by atoms with Gasteiger partial charge in [-0.15, -0.1) is 0 Å². The lowest BCUT2D eigenvalue weighted by atomic mass is 10.2. The molecule has 0 aliphatic rings. The lowest BCUT2D eigenvalue weighted by molar-refractivity contribution is 0.373. The van der Waals surface area contributed by atoms with E-state index in [0.717, 1.165) is 9.13 Å². The molecule has 0 aliphatic carbocycles. The Labute approximate surface area is 117 Å². The molecule has 2 rings (SSSR count). The molecule has 0 aliphatic heterocycles. The number of aromatic hydroxyl groups is 1. The zero-order chi connectivity index (χ0) is 12.4. The quantitative estimate of drug-likeness (QED) is 0.659. The minimum atomic E-state index is 0.0767. The van der Waals surface area contributed by atoms with Crippen LogP contribution in [0.25, 0.3) is 11.4 Å². The minimum absolute atomic E-state index is 0.0767. The van der Waals surface area contributed by atoms with Gasteiger partial charge in [0, 0.05) is 11.8 Å². The summed E-state index contributed by atoms with van der Waals surface area (Å²) in [6.45, 7) is 0. The standard InChI is InChI=1S/C11H8ClIN2O2/c1-17-9-4-6(2-3-8(9)16)11-14-5-7(13)10(12)15-11/h2-5,16H,1H3. The average molecular weight is 363 g/mol. The molecule has 1 N–H and O–H groups in total. The van der Waals surface area contributed by atoms with E-state index in [1.54, 1.807) is 18.3 Å². The fourth-order valence-electron chi connectivity index (χ4n) is 1.30. The van der Waals surface area contributed by atoms with Gasteiger partial charge >= 0.3 is 0 Å². The van der Waals surface area contributed by atoms with Gasteiger partial charge in [-0.25, -0.2) is 9.97 Å². The molecular formula is C11H8ClIN2O2. The number of methoxy groups -OCH3 is 1. The molecule has 0 fully saturated rings. The maximum Gasteiger partial charge on any atom is 0.161 e. The summed E-state index contributed by atoms with van der Waals surface area (Å²) < 4.78 is 5.81. The summed E-state index contributed by atoms with van der Waals surface area (Å²) in [6.07, 6.45) is 1.64. The zero-order valence-electron chi connectivity index (χ0n) is 8.82. The number of phenols is 1. The largest absolute Gasteiger partial charge is 0.504 e. The van der Waals surface area contributed by atoms with E-state index >= 15 is 0 Å². The van der Waals surface area contributed by atoms with Crippen LogP contribution in [0.3, 0.4) is 0 Å². The van der Waals surface area contributed by atoms with Crippen LogP contribution in [0.15, 0.2) is 24.4 Å². The van der Waals surface area contributed by atoms with Gasteiger partial charge < -0.3 is 9.84 Å². The first-order valence-corrected chi connectivity index (χ1v) is 6.13. The highest BCUT2D eigenvalue weighted by Crippen LogP contribution is 2.30. The Balaban J connectivity index is 2.49. The van der Waals surface area contributed by atoms with Gasteiger partial charge in [0.15, 0.2) is 17.3 Å². The van der Waals surface area contributed by atoms with Crippen LogP contribution in [0.4, 0.5) is 0 Å². The Morgan fingerprint density at radius 1 is 1.41 bits per heavy atom. The van der Waals surface area contributed by atoms with E-state index in [1.165, 1.54) is 13.2 Å². The highest BCUT2D eigenvalue weighted by atomic mass is 127. The van der Waals surface area contributed by atoms with Gasteiger partial charge in [0.1, 0.15) is 5.15 Å². The van der Waals surface area contributed by atoms with E-state index < -0.39 is 0 Å². The topological polar surface area (TPSA) is 55.2 Å². The highest BCUT2D eigenvalue weighted by molar-refractivity contribution is 14.1. The molecule has 17 heavy (non-hydrogen) atoms. The van der Waals surface area contributed by atoms with Crippen LogP contribution in [0.2, 0.25) is 5.15 Å². The first-order valence-electron chi connectivity index (χ1n) is 4.67. The summed E-state index contributed by atoms with van der Waals surface area (Å²) in [4.78, 5) is 8.33. The zero-order valence-corrected chi connectivity index (χ0v) is 11.7. The third kappa shape index (κ3) is 2.61. The summed E-state index contributed by atoms with van der Waals surface area (Å²) in [5, 5.41) is 9.89. The van der Waals surface area contributed by atoms with Gasteiger partial charge in [-0.3, -0.25) is 0 Å². The molecule has 0 saturated carbocycles. The van der Waals surface area contributed by atoms with Crippen LogP contribution < -0.4 is 4.74 Å². The molecule has 2 aromatic rings. The first kappa shape index (κ1) is 12.4. The first-order chi connectivity index (χ1) is 8.11. The van der Waals surface area contributed by atoms with E-state index in [2.05, 4.69) is 32.6 Å². The summed E-state index contributed by atoms with van der Waals surface area (Å²) in [6, 6.07) is 4.90. The molecule has 6 heteroatoms. The molecular weight excluding hydrogens is 354 g/mol. The molecule has 1 aromatic carbocycles. The summed E-state index contributed by atoms with van der Waals surface area (Å²) in [7, 11) is 1.49. The van der Waals surface area contributed by atoms with Crippen molar-refractivity contribution < 1.29 is 9.84 Å². The smallest absolute Gasteiger partial charge is 0.161 e. The predicted molar refractivity (Wildman–Crippen MR) is 73.4 cm³/mol. The Hall–Kier alpha value is -1.08. The maximum atomic E-state index is 9.49. The molecule has 1 heterocycles. The maximum absolute atomic E-state index is 9.49. The van der Waals surface area contributed by atoms with Crippen molar-refractivity contribution in [3.8, 4) is 22.9 Å². The Kier molecular flexibility index (Phi) is 3.68. The number of phenolic OH excluding ortho intramolecular Hbond substituents is 1. The van der Waals surface area contributed by atoms with Gasteiger partial charge in [0.2, 0.25) is 0 Å². The second-order valence-corrected chi connectivity index (χ2v) is 4.74. The summed E-state index contributed by atoms with van der Waals surface area (Å²) >= 11 is 7.99. The number of nitrogens with zero attached hydrogens (tertiary/aromatic N) is 2.